The van der Waals surface area contributed by atoms with Gasteiger partial charge in [-0.15, -0.1) is 23.1 Å². The predicted molar refractivity (Wildman–Crippen MR) is 115 cm³/mol. The number of hydrogen-bond donors (Lipinski definition) is 2. The molecule has 2 saturated heterocycles. The fourth-order valence-corrected chi connectivity index (χ4v) is 6.69. The van der Waals surface area contributed by atoms with E-state index in [4.69, 9.17) is 0 Å². The fraction of sp³-hybridized carbons (Fsp3) is 0.579. The molecule has 0 aromatic carbocycles. The van der Waals surface area contributed by atoms with Gasteiger partial charge >= 0.3 is 5.97 Å². The van der Waals surface area contributed by atoms with E-state index in [0.29, 0.717) is 18.2 Å². The zero-order chi connectivity index (χ0) is 21.7. The molecule has 1 aromatic heterocycles. The Morgan fingerprint density at radius 1 is 1.37 bits per heavy atom. The molecule has 162 valence electrons. The Hall–Kier alpha value is -2.11. The number of β-lactam (4-membered cyclic amide) rings is 1. The van der Waals surface area contributed by atoms with Gasteiger partial charge in [-0.2, -0.15) is 4.99 Å². The summed E-state index contributed by atoms with van der Waals surface area (Å²) in [6, 6.07) is -0.285. The molecule has 2 N–H and O–H groups in total. The number of aromatic nitrogens is 1. The Bertz CT molecular complexity index is 902. The molecule has 0 aliphatic carbocycles. The predicted octanol–water partition coefficient (Wildman–Crippen LogP) is 1.26. The summed E-state index contributed by atoms with van der Waals surface area (Å²) in [5, 5.41) is 22.5. The number of aliphatic hydroxyl groups is 1. The van der Waals surface area contributed by atoms with E-state index < -0.39 is 18.0 Å². The van der Waals surface area contributed by atoms with Crippen molar-refractivity contribution in [3.8, 4) is 0 Å². The van der Waals surface area contributed by atoms with E-state index in [0.717, 1.165) is 10.9 Å². The molecule has 3 aliphatic heterocycles. The van der Waals surface area contributed by atoms with Crippen molar-refractivity contribution in [2.75, 3.05) is 27.2 Å². The number of carbonyl (C=O) groups excluding carboxylic acids is 1. The quantitative estimate of drug-likeness (QED) is 0.644. The summed E-state index contributed by atoms with van der Waals surface area (Å²) in [5.74, 6) is -1.24. The Morgan fingerprint density at radius 3 is 2.57 bits per heavy atom. The molecule has 3 aliphatic rings. The summed E-state index contributed by atoms with van der Waals surface area (Å²) in [5.41, 5.74) is 0.0759. The van der Waals surface area contributed by atoms with Crippen molar-refractivity contribution in [3.63, 3.8) is 0 Å². The van der Waals surface area contributed by atoms with Gasteiger partial charge in [0.15, 0.2) is 0 Å². The highest BCUT2D eigenvalue weighted by Crippen LogP contribution is 2.51. The molecule has 0 spiro atoms. The molecule has 1 aromatic rings. The van der Waals surface area contributed by atoms with Crippen LogP contribution < -0.4 is 0 Å². The number of amides is 1. The van der Waals surface area contributed by atoms with Gasteiger partial charge in [0.1, 0.15) is 5.70 Å². The number of aliphatic hydroxyl groups excluding tert-OH is 1. The van der Waals surface area contributed by atoms with Gasteiger partial charge in [-0.3, -0.25) is 4.79 Å². The third kappa shape index (κ3) is 3.38. The van der Waals surface area contributed by atoms with Gasteiger partial charge in [-0.25, -0.2) is 9.78 Å². The molecule has 9 nitrogen and oxygen atoms in total. The molecule has 0 radical (unpaired) electrons. The smallest absolute Gasteiger partial charge is 0.353 e. The monoisotopic (exact) mass is 451 g/mol. The highest BCUT2D eigenvalue weighted by Gasteiger charge is 2.60. The van der Waals surface area contributed by atoms with Crippen molar-refractivity contribution in [1.29, 1.82) is 0 Å². The number of nitrogens with zero attached hydrogens (tertiary/aromatic N) is 5. The molecular formula is C19H25N5O4S2. The molecule has 11 heteroatoms. The molecule has 1 amide bonds. The maximum atomic E-state index is 12.5. The number of aliphatic carboxylic acids is 1. The maximum Gasteiger partial charge on any atom is 0.353 e. The van der Waals surface area contributed by atoms with Crippen molar-refractivity contribution in [3.05, 3.63) is 22.2 Å². The van der Waals surface area contributed by atoms with Gasteiger partial charge in [0.05, 0.1) is 18.1 Å². The van der Waals surface area contributed by atoms with E-state index in [9.17, 15) is 19.8 Å². The van der Waals surface area contributed by atoms with Gasteiger partial charge in [0.2, 0.25) is 17.0 Å². The lowest BCUT2D eigenvalue weighted by molar-refractivity contribution is -0.163. The number of hydrogen-bond acceptors (Lipinski definition) is 7. The second-order valence-electron chi connectivity index (χ2n) is 8.00. The third-order valence-electron chi connectivity index (χ3n) is 5.86. The number of thiazole rings is 1. The number of carboxylic acid groups (broad SMARTS) is 1. The van der Waals surface area contributed by atoms with Crippen LogP contribution in [0.3, 0.4) is 0 Å². The summed E-state index contributed by atoms with van der Waals surface area (Å²) in [7, 11) is 3.92. The van der Waals surface area contributed by atoms with Crippen LogP contribution in [0, 0.1) is 11.8 Å². The molecule has 4 rings (SSSR count). The van der Waals surface area contributed by atoms with Crippen LogP contribution in [0.25, 0.3) is 0 Å². The van der Waals surface area contributed by atoms with Crippen LogP contribution in [0.15, 0.2) is 27.2 Å². The minimum Gasteiger partial charge on any atom is -0.477 e. The number of carbonyl (C=O) groups is 2. The zero-order valence-corrected chi connectivity index (χ0v) is 18.9. The van der Waals surface area contributed by atoms with Crippen molar-refractivity contribution in [2.45, 2.75) is 31.2 Å². The van der Waals surface area contributed by atoms with Crippen LogP contribution in [0.2, 0.25) is 0 Å². The molecule has 4 atom stereocenters. The van der Waals surface area contributed by atoms with Crippen molar-refractivity contribution < 1.29 is 19.8 Å². The van der Waals surface area contributed by atoms with Crippen molar-refractivity contribution in [1.82, 2.24) is 19.7 Å². The fourth-order valence-electron chi connectivity index (χ4n) is 4.58. The highest BCUT2D eigenvalue weighted by molar-refractivity contribution is 8.03. The van der Waals surface area contributed by atoms with Crippen LogP contribution in [-0.4, -0.2) is 92.3 Å². The first kappa shape index (κ1) is 21.1. The topological polar surface area (TPSA) is 110 Å². The van der Waals surface area contributed by atoms with Crippen LogP contribution in [0.4, 0.5) is 5.13 Å². The molecular weight excluding hydrogens is 426 g/mol. The molecule has 0 unspecified atom stereocenters. The average Bonchev–Trinajstić information content (AvgIpc) is 3.24. The number of thioether (sulfide) groups is 1. The molecule has 2 fully saturated rings. The minimum absolute atomic E-state index is 0.0759. The van der Waals surface area contributed by atoms with Crippen LogP contribution in [0.5, 0.6) is 0 Å². The Kier molecular flexibility index (Phi) is 5.54. The zero-order valence-electron chi connectivity index (χ0n) is 17.2. The van der Waals surface area contributed by atoms with Crippen LogP contribution in [-0.2, 0) is 9.59 Å². The van der Waals surface area contributed by atoms with E-state index in [1.54, 1.807) is 13.1 Å². The number of fused-ring (bicyclic) bond motifs is 1. The molecule has 0 saturated carbocycles. The standard InChI is InChI=1S/C19H25N5O4S2/c1-9-13-12(10(2)25)16(26)24(13)14(17(27)28)15(9)30-11-7-22(3)19(23(4)8-11)21-18-20-5-6-29-18/h5-6,9-13,25H,7-8H2,1-4H3,(H,27,28)/t9-,10-,11?,12-,13-/m1/s1. The van der Waals surface area contributed by atoms with Crippen molar-refractivity contribution in [2.24, 2.45) is 16.8 Å². The van der Waals surface area contributed by atoms with Crippen molar-refractivity contribution >= 4 is 46.1 Å². The number of aliphatic imine (C=N–C) groups is 1. The van der Waals surface area contributed by atoms with Gasteiger partial charge < -0.3 is 24.9 Å². The Balaban J connectivity index is 1.54. The van der Waals surface area contributed by atoms with E-state index in [1.165, 1.54) is 28.0 Å². The maximum absolute atomic E-state index is 12.5. The first-order valence-electron chi connectivity index (χ1n) is 9.76. The second-order valence-corrected chi connectivity index (χ2v) is 10.2. The van der Waals surface area contributed by atoms with Gasteiger partial charge in [-0.05, 0) is 6.92 Å². The summed E-state index contributed by atoms with van der Waals surface area (Å²) in [6.07, 6.45) is 0.926. The first-order valence-corrected chi connectivity index (χ1v) is 11.5. The number of guanidine groups is 1. The summed E-state index contributed by atoms with van der Waals surface area (Å²) < 4.78 is 0. The van der Waals surface area contributed by atoms with Gasteiger partial charge in [-0.1, -0.05) is 6.92 Å². The van der Waals surface area contributed by atoms with E-state index >= 15 is 0 Å². The Labute approximate surface area is 183 Å². The van der Waals surface area contributed by atoms with Crippen LogP contribution in [0.1, 0.15) is 13.8 Å². The highest BCUT2D eigenvalue weighted by atomic mass is 32.2. The second kappa shape index (κ2) is 7.86. The first-order chi connectivity index (χ1) is 14.2. The number of rotatable bonds is 5. The van der Waals surface area contributed by atoms with Gasteiger partial charge in [0.25, 0.3) is 0 Å². The lowest BCUT2D eigenvalue weighted by Gasteiger charge is -2.46. The van der Waals surface area contributed by atoms with E-state index in [-0.39, 0.29) is 28.8 Å². The summed E-state index contributed by atoms with van der Waals surface area (Å²) in [4.78, 5) is 39.5. The van der Waals surface area contributed by atoms with E-state index in [2.05, 4.69) is 9.98 Å². The van der Waals surface area contributed by atoms with Crippen LogP contribution >= 0.6 is 23.1 Å². The molecule has 30 heavy (non-hydrogen) atoms. The lowest BCUT2D eigenvalue weighted by Crippen LogP contribution is -2.63. The normalized spacial score (nSPS) is 29.8. The Morgan fingerprint density at radius 2 is 2.03 bits per heavy atom. The SMILES string of the molecule is C[C@@H](O)[C@H]1C(=O)N2C(C(=O)O)=C(SC3CN(C)C(=Nc4nccs4)N(C)C3)[C@H](C)[C@H]12. The molecule has 0 bridgehead atoms. The average molecular weight is 452 g/mol. The summed E-state index contributed by atoms with van der Waals surface area (Å²) >= 11 is 3.00. The largest absolute Gasteiger partial charge is 0.477 e. The third-order valence-corrected chi connectivity index (χ3v) is 7.97. The lowest BCUT2D eigenvalue weighted by atomic mass is 9.79. The van der Waals surface area contributed by atoms with E-state index in [1.807, 2.05) is 36.2 Å². The minimum atomic E-state index is -1.09. The van der Waals surface area contributed by atoms with Gasteiger partial charge in [0, 0.05) is 54.8 Å². The number of carboxylic acids is 1. The summed E-state index contributed by atoms with van der Waals surface area (Å²) in [6.45, 7) is 4.93. The molecule has 4 heterocycles.